The van der Waals surface area contributed by atoms with Gasteiger partial charge in [-0.1, -0.05) is 0 Å². The Hall–Kier alpha value is -0.840. The Morgan fingerprint density at radius 1 is 1.45 bits per heavy atom. The molecule has 20 heavy (non-hydrogen) atoms. The minimum absolute atomic E-state index is 0.105. The maximum absolute atomic E-state index is 5.93. The topological polar surface area (TPSA) is 34.6 Å². The van der Waals surface area contributed by atoms with Crippen LogP contribution in [0.2, 0.25) is 0 Å². The van der Waals surface area contributed by atoms with Crippen molar-refractivity contribution >= 4 is 11.6 Å². The Bertz CT molecular complexity index is 467. The molecule has 1 fully saturated rings. The van der Waals surface area contributed by atoms with Crippen LogP contribution in [0.4, 0.5) is 0 Å². The fourth-order valence-electron chi connectivity index (χ4n) is 2.80. The van der Waals surface area contributed by atoms with E-state index in [0.29, 0.717) is 5.88 Å². The number of halogens is 1. The van der Waals surface area contributed by atoms with Crippen molar-refractivity contribution in [2.45, 2.75) is 39.5 Å². The number of alkyl halides is 1. The van der Waals surface area contributed by atoms with Crippen LogP contribution in [-0.2, 0) is 11.3 Å². The molecule has 0 bridgehead atoms. The lowest BCUT2D eigenvalue weighted by Gasteiger charge is -2.36. The number of nitrogens with zero attached hydrogens (tertiary/aromatic N) is 2. The first-order chi connectivity index (χ1) is 9.55. The lowest BCUT2D eigenvalue weighted by Crippen LogP contribution is -2.46. The molecule has 1 aliphatic rings. The SMILES string of the molecule is COc1c(C)cnc(CN2CC(C)OC(CCl)C2)c1C. The van der Waals surface area contributed by atoms with Crippen LogP contribution in [0.15, 0.2) is 6.20 Å². The number of hydrogen-bond donors (Lipinski definition) is 0. The zero-order chi connectivity index (χ0) is 14.7. The molecule has 0 spiro atoms. The van der Waals surface area contributed by atoms with Gasteiger partial charge in [-0.2, -0.15) is 0 Å². The molecule has 1 aromatic rings. The number of aryl methyl sites for hydroxylation is 1. The van der Waals surface area contributed by atoms with Gasteiger partial charge in [-0.05, 0) is 20.8 Å². The van der Waals surface area contributed by atoms with E-state index in [1.54, 1.807) is 7.11 Å². The Kier molecular flexibility index (Phi) is 5.24. The third-order valence-electron chi connectivity index (χ3n) is 3.70. The summed E-state index contributed by atoms with van der Waals surface area (Å²) in [5.41, 5.74) is 3.26. The third kappa shape index (κ3) is 3.43. The van der Waals surface area contributed by atoms with Gasteiger partial charge < -0.3 is 9.47 Å². The number of morpholine rings is 1. The van der Waals surface area contributed by atoms with Gasteiger partial charge in [-0.3, -0.25) is 9.88 Å². The lowest BCUT2D eigenvalue weighted by atomic mass is 10.1. The maximum atomic E-state index is 5.93. The van der Waals surface area contributed by atoms with E-state index in [1.807, 2.05) is 13.1 Å². The average molecular weight is 299 g/mol. The lowest BCUT2D eigenvalue weighted by molar-refractivity contribution is -0.0692. The van der Waals surface area contributed by atoms with Crippen LogP contribution in [0, 0.1) is 13.8 Å². The van der Waals surface area contributed by atoms with Crippen molar-refractivity contribution in [2.24, 2.45) is 0 Å². The summed E-state index contributed by atoms with van der Waals surface area (Å²) in [5, 5.41) is 0. The zero-order valence-corrected chi connectivity index (χ0v) is 13.4. The summed E-state index contributed by atoms with van der Waals surface area (Å²) < 4.78 is 11.2. The van der Waals surface area contributed by atoms with E-state index in [0.717, 1.165) is 42.2 Å². The molecule has 1 aliphatic heterocycles. The van der Waals surface area contributed by atoms with Crippen molar-refractivity contribution in [1.29, 1.82) is 0 Å². The van der Waals surface area contributed by atoms with Crippen LogP contribution in [-0.4, -0.2) is 48.2 Å². The van der Waals surface area contributed by atoms with E-state index >= 15 is 0 Å². The Morgan fingerprint density at radius 2 is 2.20 bits per heavy atom. The predicted molar refractivity (Wildman–Crippen MR) is 80.6 cm³/mol. The first-order valence-electron chi connectivity index (χ1n) is 6.98. The molecule has 0 radical (unpaired) electrons. The van der Waals surface area contributed by atoms with Crippen LogP contribution in [0.1, 0.15) is 23.7 Å². The summed E-state index contributed by atoms with van der Waals surface area (Å²) in [6.45, 7) is 8.74. The van der Waals surface area contributed by atoms with Crippen molar-refractivity contribution < 1.29 is 9.47 Å². The molecule has 2 rings (SSSR count). The van der Waals surface area contributed by atoms with Gasteiger partial charge in [0.1, 0.15) is 5.75 Å². The van der Waals surface area contributed by atoms with Gasteiger partial charge in [0.25, 0.3) is 0 Å². The molecule has 2 heterocycles. The molecule has 112 valence electrons. The maximum Gasteiger partial charge on any atom is 0.128 e. The van der Waals surface area contributed by atoms with E-state index in [-0.39, 0.29) is 12.2 Å². The predicted octanol–water partition coefficient (Wildman–Crippen LogP) is 2.54. The highest BCUT2D eigenvalue weighted by Gasteiger charge is 2.25. The first-order valence-corrected chi connectivity index (χ1v) is 7.51. The van der Waals surface area contributed by atoms with Crippen molar-refractivity contribution in [3.63, 3.8) is 0 Å². The van der Waals surface area contributed by atoms with E-state index < -0.39 is 0 Å². The summed E-state index contributed by atoms with van der Waals surface area (Å²) in [4.78, 5) is 6.91. The van der Waals surface area contributed by atoms with Gasteiger partial charge in [-0.15, -0.1) is 11.6 Å². The molecule has 0 amide bonds. The number of pyridine rings is 1. The minimum atomic E-state index is 0.105. The molecule has 0 aliphatic carbocycles. The van der Waals surface area contributed by atoms with Gasteiger partial charge in [0, 0.05) is 42.8 Å². The molecule has 0 saturated carbocycles. The average Bonchev–Trinajstić information content (AvgIpc) is 2.42. The molecule has 0 N–H and O–H groups in total. The summed E-state index contributed by atoms with van der Waals surface area (Å²) in [6.07, 6.45) is 2.19. The van der Waals surface area contributed by atoms with E-state index in [2.05, 4.69) is 23.7 Å². The van der Waals surface area contributed by atoms with Gasteiger partial charge in [0.15, 0.2) is 0 Å². The second-order valence-electron chi connectivity index (χ2n) is 5.46. The molecular weight excluding hydrogens is 276 g/mol. The molecule has 1 saturated heterocycles. The van der Waals surface area contributed by atoms with Gasteiger partial charge >= 0.3 is 0 Å². The Labute approximate surface area is 126 Å². The van der Waals surface area contributed by atoms with Crippen LogP contribution >= 0.6 is 11.6 Å². The highest BCUT2D eigenvalue weighted by Crippen LogP contribution is 2.25. The number of rotatable bonds is 4. The molecule has 0 aromatic carbocycles. The highest BCUT2D eigenvalue weighted by atomic mass is 35.5. The fourth-order valence-corrected chi connectivity index (χ4v) is 2.97. The fraction of sp³-hybridized carbons (Fsp3) is 0.667. The van der Waals surface area contributed by atoms with E-state index in [9.17, 15) is 0 Å². The summed E-state index contributed by atoms with van der Waals surface area (Å²) in [7, 11) is 1.71. The minimum Gasteiger partial charge on any atom is -0.496 e. The molecule has 1 aromatic heterocycles. The third-order valence-corrected chi connectivity index (χ3v) is 4.04. The Morgan fingerprint density at radius 3 is 2.85 bits per heavy atom. The van der Waals surface area contributed by atoms with Crippen LogP contribution in [0.25, 0.3) is 0 Å². The van der Waals surface area contributed by atoms with Gasteiger partial charge in [-0.25, -0.2) is 0 Å². The van der Waals surface area contributed by atoms with Crippen LogP contribution in [0.3, 0.4) is 0 Å². The van der Waals surface area contributed by atoms with E-state index in [4.69, 9.17) is 21.1 Å². The second kappa shape index (κ2) is 6.74. The normalized spacial score (nSPS) is 23.9. The molecule has 2 atom stereocenters. The Balaban J connectivity index is 2.13. The number of aromatic nitrogens is 1. The highest BCUT2D eigenvalue weighted by molar-refractivity contribution is 6.18. The monoisotopic (exact) mass is 298 g/mol. The van der Waals surface area contributed by atoms with Crippen molar-refractivity contribution in [3.8, 4) is 5.75 Å². The quantitative estimate of drug-likeness (QED) is 0.800. The summed E-state index contributed by atoms with van der Waals surface area (Å²) >= 11 is 5.93. The second-order valence-corrected chi connectivity index (χ2v) is 5.77. The van der Waals surface area contributed by atoms with Crippen molar-refractivity contribution in [2.75, 3.05) is 26.1 Å². The molecule has 4 nitrogen and oxygen atoms in total. The van der Waals surface area contributed by atoms with Crippen molar-refractivity contribution in [1.82, 2.24) is 9.88 Å². The smallest absolute Gasteiger partial charge is 0.128 e. The summed E-state index contributed by atoms with van der Waals surface area (Å²) in [6, 6.07) is 0. The largest absolute Gasteiger partial charge is 0.496 e. The zero-order valence-electron chi connectivity index (χ0n) is 12.6. The van der Waals surface area contributed by atoms with Crippen LogP contribution in [0.5, 0.6) is 5.75 Å². The summed E-state index contributed by atoms with van der Waals surface area (Å²) in [5.74, 6) is 1.47. The van der Waals surface area contributed by atoms with Gasteiger partial charge in [0.05, 0.1) is 25.0 Å². The molecule has 2 unspecified atom stereocenters. The molecule has 5 heteroatoms. The van der Waals surface area contributed by atoms with Crippen molar-refractivity contribution in [3.05, 3.63) is 23.0 Å². The standard InChI is InChI=1S/C15H23ClN2O2/c1-10-6-17-14(12(3)15(10)19-4)9-18-7-11(2)20-13(5-16)8-18/h6,11,13H,5,7-9H2,1-4H3. The van der Waals surface area contributed by atoms with E-state index in [1.165, 1.54) is 0 Å². The van der Waals surface area contributed by atoms with Gasteiger partial charge in [0.2, 0.25) is 0 Å². The first kappa shape index (κ1) is 15.5. The number of hydrogen-bond acceptors (Lipinski definition) is 4. The molecular formula is C15H23ClN2O2. The number of methoxy groups -OCH3 is 1. The number of ether oxygens (including phenoxy) is 2. The van der Waals surface area contributed by atoms with Crippen LogP contribution < -0.4 is 4.74 Å².